The molecule has 1 aliphatic carbocycles. The third-order valence-corrected chi connectivity index (χ3v) is 5.05. The summed E-state index contributed by atoms with van der Waals surface area (Å²) < 4.78 is 13.4. The number of carbonyl (C=O) groups is 2. The molecule has 0 unspecified atom stereocenters. The van der Waals surface area contributed by atoms with Crippen molar-refractivity contribution in [3.63, 3.8) is 0 Å². The number of aliphatic hydroxyl groups is 1. The Morgan fingerprint density at radius 3 is 2.48 bits per heavy atom. The zero-order chi connectivity index (χ0) is 21.0. The second kappa shape index (κ2) is 8.69. The molecule has 6 nitrogen and oxygen atoms in total. The van der Waals surface area contributed by atoms with Crippen molar-refractivity contribution in [2.24, 2.45) is 0 Å². The molecule has 0 spiro atoms. The maximum atomic E-state index is 13.4. The Hall–Kier alpha value is -2.80. The van der Waals surface area contributed by atoms with Gasteiger partial charge in [0.15, 0.2) is 0 Å². The SMILES string of the molecule is CC(C)(O)C(=O)N[C@@H]1CCC[C@@H](NC(=O)c2ccc(-c3cccc(F)c3)nc2)C1. The van der Waals surface area contributed by atoms with E-state index in [-0.39, 0.29) is 23.8 Å². The topological polar surface area (TPSA) is 91.3 Å². The quantitative estimate of drug-likeness (QED) is 0.721. The number of aromatic nitrogens is 1. The van der Waals surface area contributed by atoms with Gasteiger partial charge in [-0.1, -0.05) is 12.1 Å². The molecular weight excluding hydrogens is 373 g/mol. The van der Waals surface area contributed by atoms with Gasteiger partial charge in [0.2, 0.25) is 0 Å². The molecule has 1 aromatic carbocycles. The Kier molecular flexibility index (Phi) is 6.27. The molecule has 0 radical (unpaired) electrons. The molecule has 29 heavy (non-hydrogen) atoms. The van der Waals surface area contributed by atoms with Gasteiger partial charge in [-0.05, 0) is 63.8 Å². The molecule has 1 aliphatic rings. The van der Waals surface area contributed by atoms with Crippen molar-refractivity contribution in [2.75, 3.05) is 0 Å². The Labute approximate surface area is 169 Å². The van der Waals surface area contributed by atoms with Crippen LogP contribution in [0.25, 0.3) is 11.3 Å². The molecular formula is C22H26FN3O3. The minimum absolute atomic E-state index is 0.0637. The first-order valence-electron chi connectivity index (χ1n) is 9.78. The van der Waals surface area contributed by atoms with Crippen LogP contribution in [0.4, 0.5) is 4.39 Å². The first-order chi connectivity index (χ1) is 13.7. The van der Waals surface area contributed by atoms with Gasteiger partial charge in [-0.2, -0.15) is 0 Å². The van der Waals surface area contributed by atoms with Crippen molar-refractivity contribution in [2.45, 2.75) is 57.2 Å². The van der Waals surface area contributed by atoms with Crippen LogP contribution in [0.5, 0.6) is 0 Å². The van der Waals surface area contributed by atoms with Crippen LogP contribution in [0.15, 0.2) is 42.6 Å². The summed E-state index contributed by atoms with van der Waals surface area (Å²) in [6, 6.07) is 9.35. The summed E-state index contributed by atoms with van der Waals surface area (Å²) in [6.45, 7) is 2.90. The van der Waals surface area contributed by atoms with Crippen molar-refractivity contribution in [3.05, 3.63) is 54.0 Å². The standard InChI is InChI=1S/C22H26FN3O3/c1-22(2,29)21(28)26-18-8-4-7-17(12-18)25-20(27)15-9-10-19(24-13-15)14-5-3-6-16(23)11-14/h3,5-6,9-11,13,17-18,29H,4,7-8,12H2,1-2H3,(H,25,27)(H,26,28)/t17-,18-/m1/s1. The van der Waals surface area contributed by atoms with Crippen molar-refractivity contribution in [1.29, 1.82) is 0 Å². The van der Waals surface area contributed by atoms with E-state index in [0.717, 1.165) is 19.3 Å². The highest BCUT2D eigenvalue weighted by Gasteiger charge is 2.29. The van der Waals surface area contributed by atoms with Crippen LogP contribution in [0, 0.1) is 5.82 Å². The fourth-order valence-electron chi connectivity index (χ4n) is 3.43. The number of hydrogen-bond acceptors (Lipinski definition) is 4. The van der Waals surface area contributed by atoms with Crippen LogP contribution in [-0.4, -0.2) is 39.6 Å². The molecule has 2 amide bonds. The molecule has 0 bridgehead atoms. The Bertz CT molecular complexity index is 878. The zero-order valence-electron chi connectivity index (χ0n) is 16.6. The fourth-order valence-corrected chi connectivity index (χ4v) is 3.43. The number of pyridine rings is 1. The second-order valence-corrected chi connectivity index (χ2v) is 8.01. The normalized spacial score (nSPS) is 19.4. The van der Waals surface area contributed by atoms with E-state index in [1.165, 1.54) is 32.2 Å². The van der Waals surface area contributed by atoms with E-state index in [9.17, 15) is 19.1 Å². The van der Waals surface area contributed by atoms with Gasteiger partial charge in [-0.25, -0.2) is 4.39 Å². The smallest absolute Gasteiger partial charge is 0.253 e. The van der Waals surface area contributed by atoms with Crippen molar-refractivity contribution in [3.8, 4) is 11.3 Å². The first kappa shape index (κ1) is 20.9. The summed E-state index contributed by atoms with van der Waals surface area (Å²) in [4.78, 5) is 28.8. The van der Waals surface area contributed by atoms with Gasteiger partial charge in [-0.15, -0.1) is 0 Å². The molecule has 0 aliphatic heterocycles. The third kappa shape index (κ3) is 5.60. The Morgan fingerprint density at radius 1 is 1.14 bits per heavy atom. The predicted octanol–water partition coefficient (Wildman–Crippen LogP) is 2.82. The minimum atomic E-state index is -1.43. The monoisotopic (exact) mass is 399 g/mol. The van der Waals surface area contributed by atoms with Crippen LogP contribution in [0.3, 0.4) is 0 Å². The van der Waals surface area contributed by atoms with Gasteiger partial charge in [0.25, 0.3) is 11.8 Å². The highest BCUT2D eigenvalue weighted by Crippen LogP contribution is 2.21. The molecule has 1 fully saturated rings. The Morgan fingerprint density at radius 2 is 1.86 bits per heavy atom. The van der Waals surface area contributed by atoms with E-state index in [1.807, 2.05) is 0 Å². The third-order valence-electron chi connectivity index (χ3n) is 5.05. The molecule has 0 saturated heterocycles. The molecule has 7 heteroatoms. The second-order valence-electron chi connectivity index (χ2n) is 8.01. The summed E-state index contributed by atoms with van der Waals surface area (Å²) in [5.41, 5.74) is 0.237. The number of rotatable bonds is 5. The van der Waals surface area contributed by atoms with Crippen LogP contribution >= 0.6 is 0 Å². The van der Waals surface area contributed by atoms with Gasteiger partial charge >= 0.3 is 0 Å². The van der Waals surface area contributed by atoms with Gasteiger partial charge in [-0.3, -0.25) is 14.6 Å². The summed E-state index contributed by atoms with van der Waals surface area (Å²) in [7, 11) is 0. The van der Waals surface area contributed by atoms with Crippen molar-refractivity contribution >= 4 is 11.8 Å². The maximum absolute atomic E-state index is 13.4. The summed E-state index contributed by atoms with van der Waals surface area (Å²) in [5, 5.41) is 15.6. The van der Waals surface area contributed by atoms with Gasteiger partial charge in [0.1, 0.15) is 11.4 Å². The molecule has 1 heterocycles. The van der Waals surface area contributed by atoms with E-state index in [0.29, 0.717) is 23.2 Å². The predicted molar refractivity (Wildman–Crippen MR) is 108 cm³/mol. The summed E-state index contributed by atoms with van der Waals surface area (Å²) in [5.74, 6) is -0.982. The van der Waals surface area contributed by atoms with E-state index in [2.05, 4.69) is 15.6 Å². The molecule has 2 aromatic rings. The molecule has 1 saturated carbocycles. The van der Waals surface area contributed by atoms with Crippen LogP contribution in [-0.2, 0) is 4.79 Å². The molecule has 154 valence electrons. The summed E-state index contributed by atoms with van der Waals surface area (Å²) in [6.07, 6.45) is 4.61. The zero-order valence-corrected chi connectivity index (χ0v) is 16.6. The maximum Gasteiger partial charge on any atom is 0.253 e. The number of hydrogen-bond donors (Lipinski definition) is 3. The van der Waals surface area contributed by atoms with Crippen LogP contribution in [0.1, 0.15) is 49.9 Å². The summed E-state index contributed by atoms with van der Waals surface area (Å²) >= 11 is 0. The highest BCUT2D eigenvalue weighted by atomic mass is 19.1. The van der Waals surface area contributed by atoms with E-state index < -0.39 is 11.5 Å². The minimum Gasteiger partial charge on any atom is -0.381 e. The number of halogens is 1. The lowest BCUT2D eigenvalue weighted by molar-refractivity contribution is -0.137. The average molecular weight is 399 g/mol. The number of carbonyl (C=O) groups excluding carboxylic acids is 2. The molecule has 3 N–H and O–H groups in total. The fraction of sp³-hybridized carbons (Fsp3) is 0.409. The van der Waals surface area contributed by atoms with Gasteiger partial charge < -0.3 is 15.7 Å². The largest absolute Gasteiger partial charge is 0.381 e. The van der Waals surface area contributed by atoms with E-state index >= 15 is 0 Å². The van der Waals surface area contributed by atoms with Crippen molar-refractivity contribution < 1.29 is 19.1 Å². The molecule has 3 rings (SSSR count). The number of amides is 2. The average Bonchev–Trinajstić information content (AvgIpc) is 2.67. The molecule has 1 aromatic heterocycles. The van der Waals surface area contributed by atoms with Gasteiger partial charge in [0, 0.05) is 23.8 Å². The Balaban J connectivity index is 1.59. The van der Waals surface area contributed by atoms with Crippen LogP contribution < -0.4 is 10.6 Å². The van der Waals surface area contributed by atoms with Crippen LogP contribution in [0.2, 0.25) is 0 Å². The van der Waals surface area contributed by atoms with Gasteiger partial charge in [0.05, 0.1) is 11.3 Å². The lowest BCUT2D eigenvalue weighted by Crippen LogP contribution is -2.50. The lowest BCUT2D eigenvalue weighted by atomic mass is 9.90. The van der Waals surface area contributed by atoms with E-state index in [4.69, 9.17) is 0 Å². The highest BCUT2D eigenvalue weighted by molar-refractivity contribution is 5.94. The lowest BCUT2D eigenvalue weighted by Gasteiger charge is -2.31. The number of nitrogens with one attached hydrogen (secondary N) is 2. The molecule has 2 atom stereocenters. The van der Waals surface area contributed by atoms with E-state index in [1.54, 1.807) is 24.3 Å². The number of benzene rings is 1. The first-order valence-corrected chi connectivity index (χ1v) is 9.78. The van der Waals surface area contributed by atoms with Crippen molar-refractivity contribution in [1.82, 2.24) is 15.6 Å². The number of nitrogens with zero attached hydrogens (tertiary/aromatic N) is 1.